The van der Waals surface area contributed by atoms with Crippen LogP contribution in [0.3, 0.4) is 0 Å². The number of nitrogens with zero attached hydrogens (tertiary/aromatic N) is 4. The maximum Gasteiger partial charge on any atom is 0.0697 e. The molecule has 118 valence electrons. The molecule has 0 radical (unpaired) electrons. The lowest BCUT2D eigenvalue weighted by molar-refractivity contribution is 0.696. The molecule has 1 N–H and O–H groups in total. The number of benzene rings is 2. The molecule has 0 saturated carbocycles. The van der Waals surface area contributed by atoms with Gasteiger partial charge in [-0.3, -0.25) is 4.98 Å². The number of hydrogen-bond acceptors (Lipinski definition) is 4. The molecule has 0 aliphatic carbocycles. The van der Waals surface area contributed by atoms with Crippen LogP contribution in [0.15, 0.2) is 73.3 Å². The summed E-state index contributed by atoms with van der Waals surface area (Å²) in [5.74, 6) is 0. The first-order valence-electron chi connectivity index (χ1n) is 7.88. The minimum atomic E-state index is 0.819. The summed E-state index contributed by atoms with van der Waals surface area (Å²) in [4.78, 5) is 4.18. The van der Waals surface area contributed by atoms with Gasteiger partial charge in [0, 0.05) is 30.9 Å². The van der Waals surface area contributed by atoms with Crippen molar-refractivity contribution >= 4 is 10.8 Å². The molecule has 2 aromatic carbocycles. The van der Waals surface area contributed by atoms with Crippen molar-refractivity contribution in [3.8, 4) is 5.69 Å². The number of rotatable bonds is 5. The van der Waals surface area contributed by atoms with Gasteiger partial charge in [-0.2, -0.15) is 0 Å². The summed E-state index contributed by atoms with van der Waals surface area (Å²) in [6, 6.07) is 16.7. The highest BCUT2D eigenvalue weighted by molar-refractivity contribution is 5.84. The Morgan fingerprint density at radius 1 is 0.917 bits per heavy atom. The molecule has 5 heteroatoms. The molecular formula is C19H17N5. The van der Waals surface area contributed by atoms with Crippen LogP contribution in [-0.4, -0.2) is 20.0 Å². The molecule has 0 fully saturated rings. The van der Waals surface area contributed by atoms with Crippen molar-refractivity contribution in [2.75, 3.05) is 0 Å². The Labute approximate surface area is 140 Å². The molecule has 4 rings (SSSR count). The summed E-state index contributed by atoms with van der Waals surface area (Å²) in [7, 11) is 0. The summed E-state index contributed by atoms with van der Waals surface area (Å²) in [6.07, 6.45) is 7.26. The zero-order chi connectivity index (χ0) is 16.2. The van der Waals surface area contributed by atoms with E-state index in [0.717, 1.165) is 18.8 Å². The molecule has 0 atom stereocenters. The van der Waals surface area contributed by atoms with Gasteiger partial charge in [-0.05, 0) is 34.7 Å². The van der Waals surface area contributed by atoms with E-state index >= 15 is 0 Å². The second kappa shape index (κ2) is 6.60. The predicted octanol–water partition coefficient (Wildman–Crippen LogP) is 3.11. The van der Waals surface area contributed by atoms with Crippen molar-refractivity contribution < 1.29 is 0 Å². The average molecular weight is 315 g/mol. The second-order valence-corrected chi connectivity index (χ2v) is 5.63. The molecule has 0 aliphatic heterocycles. The van der Waals surface area contributed by atoms with E-state index in [9.17, 15) is 0 Å². The Kier molecular flexibility index (Phi) is 4.00. The van der Waals surface area contributed by atoms with Crippen molar-refractivity contribution in [2.24, 2.45) is 0 Å². The molecule has 0 unspecified atom stereocenters. The molecule has 0 aliphatic rings. The summed E-state index contributed by atoms with van der Waals surface area (Å²) in [6.45, 7) is 1.64. The maximum absolute atomic E-state index is 4.18. The van der Waals surface area contributed by atoms with E-state index in [2.05, 4.69) is 69.1 Å². The zero-order valence-electron chi connectivity index (χ0n) is 13.1. The van der Waals surface area contributed by atoms with E-state index in [1.54, 1.807) is 10.9 Å². The Bertz CT molecular complexity index is 924. The highest BCUT2D eigenvalue weighted by Gasteiger charge is 2.01. The van der Waals surface area contributed by atoms with E-state index in [-0.39, 0.29) is 0 Å². The number of nitrogens with one attached hydrogen (secondary N) is 1. The van der Waals surface area contributed by atoms with Crippen molar-refractivity contribution in [3.63, 3.8) is 0 Å². The van der Waals surface area contributed by atoms with Gasteiger partial charge < -0.3 is 5.32 Å². The van der Waals surface area contributed by atoms with E-state index in [0.29, 0.717) is 0 Å². The zero-order valence-corrected chi connectivity index (χ0v) is 13.1. The first-order valence-corrected chi connectivity index (χ1v) is 7.88. The normalized spacial score (nSPS) is 11.0. The first-order chi connectivity index (χ1) is 11.9. The van der Waals surface area contributed by atoms with Gasteiger partial charge in [-0.1, -0.05) is 35.5 Å². The van der Waals surface area contributed by atoms with Gasteiger partial charge in [-0.25, -0.2) is 4.68 Å². The van der Waals surface area contributed by atoms with Crippen LogP contribution in [0.5, 0.6) is 0 Å². The Hall–Kier alpha value is -3.05. The van der Waals surface area contributed by atoms with Crippen LogP contribution in [-0.2, 0) is 13.1 Å². The lowest BCUT2D eigenvalue weighted by Gasteiger charge is -2.09. The smallest absolute Gasteiger partial charge is 0.0697 e. The molecule has 4 aromatic rings. The van der Waals surface area contributed by atoms with Crippen molar-refractivity contribution in [1.82, 2.24) is 25.3 Å². The van der Waals surface area contributed by atoms with Crippen LogP contribution in [0.4, 0.5) is 0 Å². The topological polar surface area (TPSA) is 55.6 Å². The fourth-order valence-corrected chi connectivity index (χ4v) is 2.80. The molecule has 0 spiro atoms. The highest BCUT2D eigenvalue weighted by Crippen LogP contribution is 2.17. The minimum Gasteiger partial charge on any atom is -0.309 e. The van der Waals surface area contributed by atoms with Gasteiger partial charge in [0.25, 0.3) is 0 Å². The van der Waals surface area contributed by atoms with Gasteiger partial charge in [0.2, 0.25) is 0 Å². The van der Waals surface area contributed by atoms with Crippen molar-refractivity contribution in [1.29, 1.82) is 0 Å². The standard InChI is InChI=1S/C19H17N5/c1-2-16-13-20-9-8-19(16)17(3-1)14-21-12-15-4-6-18(7-5-15)24-11-10-22-23-24/h1-11,13,21H,12,14H2. The van der Waals surface area contributed by atoms with Crippen molar-refractivity contribution in [3.05, 3.63) is 84.4 Å². The largest absolute Gasteiger partial charge is 0.309 e. The van der Waals surface area contributed by atoms with Crippen LogP contribution < -0.4 is 5.32 Å². The molecule has 0 saturated heterocycles. The minimum absolute atomic E-state index is 0.819. The SMILES string of the molecule is c1cc(CNCc2ccc(-n3ccnn3)cc2)c2ccncc2c1. The fraction of sp³-hybridized carbons (Fsp3) is 0.105. The van der Waals surface area contributed by atoms with Gasteiger partial charge in [0.15, 0.2) is 0 Å². The Balaban J connectivity index is 1.42. The summed E-state index contributed by atoms with van der Waals surface area (Å²) in [5.41, 5.74) is 3.53. The Morgan fingerprint density at radius 2 is 1.83 bits per heavy atom. The van der Waals surface area contributed by atoms with Crippen LogP contribution in [0, 0.1) is 0 Å². The van der Waals surface area contributed by atoms with Gasteiger partial charge in [-0.15, -0.1) is 5.10 Å². The molecule has 0 bridgehead atoms. The fourth-order valence-electron chi connectivity index (χ4n) is 2.80. The quantitative estimate of drug-likeness (QED) is 0.615. The van der Waals surface area contributed by atoms with E-state index in [1.165, 1.54) is 21.9 Å². The summed E-state index contributed by atoms with van der Waals surface area (Å²) in [5, 5.41) is 13.8. The van der Waals surface area contributed by atoms with Crippen molar-refractivity contribution in [2.45, 2.75) is 13.1 Å². The van der Waals surface area contributed by atoms with Crippen LogP contribution in [0.25, 0.3) is 16.5 Å². The van der Waals surface area contributed by atoms with E-state index < -0.39 is 0 Å². The summed E-state index contributed by atoms with van der Waals surface area (Å²) < 4.78 is 1.75. The monoisotopic (exact) mass is 315 g/mol. The molecule has 0 amide bonds. The molecule has 5 nitrogen and oxygen atoms in total. The third kappa shape index (κ3) is 3.02. The van der Waals surface area contributed by atoms with Gasteiger partial charge in [0.05, 0.1) is 18.1 Å². The van der Waals surface area contributed by atoms with E-state index in [4.69, 9.17) is 0 Å². The molecule has 2 aromatic heterocycles. The molecule has 24 heavy (non-hydrogen) atoms. The third-order valence-electron chi connectivity index (χ3n) is 4.04. The number of hydrogen-bond donors (Lipinski definition) is 1. The van der Waals surface area contributed by atoms with Gasteiger partial charge in [0.1, 0.15) is 0 Å². The molecular weight excluding hydrogens is 298 g/mol. The summed E-state index contributed by atoms with van der Waals surface area (Å²) >= 11 is 0. The van der Waals surface area contributed by atoms with Gasteiger partial charge >= 0.3 is 0 Å². The van der Waals surface area contributed by atoms with Crippen LogP contribution in [0.1, 0.15) is 11.1 Å². The number of pyridine rings is 1. The molecule has 2 heterocycles. The second-order valence-electron chi connectivity index (χ2n) is 5.63. The lowest BCUT2D eigenvalue weighted by atomic mass is 10.1. The Morgan fingerprint density at radius 3 is 2.67 bits per heavy atom. The van der Waals surface area contributed by atoms with Crippen LogP contribution >= 0.6 is 0 Å². The number of aromatic nitrogens is 4. The number of fused-ring (bicyclic) bond motifs is 1. The predicted molar refractivity (Wildman–Crippen MR) is 93.6 cm³/mol. The maximum atomic E-state index is 4.18. The van der Waals surface area contributed by atoms with E-state index in [1.807, 2.05) is 18.6 Å². The third-order valence-corrected chi connectivity index (χ3v) is 4.04. The first kappa shape index (κ1) is 14.5. The highest BCUT2D eigenvalue weighted by atomic mass is 15.4. The average Bonchev–Trinajstić information content (AvgIpc) is 3.17. The van der Waals surface area contributed by atoms with Crippen LogP contribution in [0.2, 0.25) is 0 Å². The lowest BCUT2D eigenvalue weighted by Crippen LogP contribution is -2.13.